The fraction of sp³-hybridized carbons (Fsp3) is 0.686. The van der Waals surface area contributed by atoms with Crippen LogP contribution < -0.4 is 4.89 Å². The molecule has 11 nitrogen and oxygen atoms in total. The highest BCUT2D eigenvalue weighted by atomic mass is 31.2. The molecular formula is C51H88NO10P. The predicted molar refractivity (Wildman–Crippen MR) is 257 cm³/mol. The highest BCUT2D eigenvalue weighted by Crippen LogP contribution is 2.38. The van der Waals surface area contributed by atoms with Gasteiger partial charge in [0.05, 0.1) is 40.0 Å². The topological polar surface area (TPSA) is 152 Å². The number of esters is 2. The van der Waals surface area contributed by atoms with Gasteiger partial charge in [0.15, 0.2) is 6.10 Å². The quantitative estimate of drug-likeness (QED) is 0.0151. The van der Waals surface area contributed by atoms with Crippen molar-refractivity contribution in [2.45, 2.75) is 180 Å². The van der Waals surface area contributed by atoms with Crippen LogP contribution in [0.5, 0.6) is 0 Å². The minimum atomic E-state index is -4.71. The number of aliphatic hydroxyl groups excluding tert-OH is 2. The lowest BCUT2D eigenvalue weighted by atomic mass is 10.1. The van der Waals surface area contributed by atoms with E-state index in [4.69, 9.17) is 18.5 Å². The first-order valence-corrected chi connectivity index (χ1v) is 25.5. The number of hydrogen-bond acceptors (Lipinski definition) is 10. The minimum Gasteiger partial charge on any atom is -0.756 e. The van der Waals surface area contributed by atoms with E-state index in [2.05, 4.69) is 56.4 Å². The lowest BCUT2D eigenvalue weighted by Crippen LogP contribution is -2.37. The van der Waals surface area contributed by atoms with Gasteiger partial charge in [-0.3, -0.25) is 14.2 Å². The molecule has 0 aromatic rings. The largest absolute Gasteiger partial charge is 0.756 e. The number of hydrogen-bond donors (Lipinski definition) is 2. The van der Waals surface area contributed by atoms with Crippen LogP contribution in [-0.2, 0) is 32.7 Å². The van der Waals surface area contributed by atoms with E-state index in [0.29, 0.717) is 30.3 Å². The highest BCUT2D eigenvalue weighted by molar-refractivity contribution is 7.45. The predicted octanol–water partition coefficient (Wildman–Crippen LogP) is 11.3. The fourth-order valence-corrected chi connectivity index (χ4v) is 6.70. The molecule has 0 aromatic heterocycles. The first-order chi connectivity index (χ1) is 30.3. The summed E-state index contributed by atoms with van der Waals surface area (Å²) in [6.45, 7) is 3.83. The Morgan fingerprint density at radius 3 is 1.73 bits per heavy atom. The zero-order valence-corrected chi connectivity index (χ0v) is 40.9. The Morgan fingerprint density at radius 2 is 1.11 bits per heavy atom. The molecule has 0 rings (SSSR count). The van der Waals surface area contributed by atoms with Gasteiger partial charge in [-0.1, -0.05) is 157 Å². The molecule has 0 aliphatic carbocycles. The molecular weight excluding hydrogens is 818 g/mol. The highest BCUT2D eigenvalue weighted by Gasteiger charge is 2.22. The molecule has 0 saturated heterocycles. The zero-order chi connectivity index (χ0) is 46.7. The van der Waals surface area contributed by atoms with Gasteiger partial charge in [-0.2, -0.15) is 0 Å². The second-order valence-corrected chi connectivity index (χ2v) is 18.6. The number of carbonyl (C=O) groups excluding carboxylic acids is 2. The molecule has 0 amide bonds. The van der Waals surface area contributed by atoms with Gasteiger partial charge in [0.25, 0.3) is 7.82 Å². The smallest absolute Gasteiger partial charge is 0.306 e. The van der Waals surface area contributed by atoms with Crippen LogP contribution in [-0.4, -0.2) is 92.5 Å². The van der Waals surface area contributed by atoms with Gasteiger partial charge in [-0.25, -0.2) is 0 Å². The number of ether oxygens (including phenoxy) is 2. The van der Waals surface area contributed by atoms with Gasteiger partial charge in [-0.15, -0.1) is 0 Å². The van der Waals surface area contributed by atoms with Crippen molar-refractivity contribution >= 4 is 19.8 Å². The third kappa shape index (κ3) is 45.5. The standard InChI is InChI=1S/C51H88NO10P/c1-6-8-10-12-14-15-16-17-18-19-20-21-22-23-24-25-26-27-29-35-41-50(55)59-45-49(46-61-63(57,58)60-44-43-52(3,4)5)62-51(56)42-36-40-48(54)39-34-31-30-33-38-47(53)37-32-28-13-11-9-7-2/h15-16,18-19,21-22,28,30-34,38-39,47-49,53-54H,6-14,17,20,23-27,29,35-37,40-46H2,1-5H3/b16-15-,19-18-,22-21-,31-30+,32-28-,38-33+,39-34-/t47-,48-,49+/m0/s1. The molecule has 12 heteroatoms. The summed E-state index contributed by atoms with van der Waals surface area (Å²) in [4.78, 5) is 37.7. The van der Waals surface area contributed by atoms with Crippen molar-refractivity contribution in [3.8, 4) is 0 Å². The van der Waals surface area contributed by atoms with E-state index in [0.717, 1.165) is 64.2 Å². The van der Waals surface area contributed by atoms with Crippen molar-refractivity contribution < 1.29 is 52.3 Å². The van der Waals surface area contributed by atoms with Crippen LogP contribution in [0.25, 0.3) is 0 Å². The molecule has 0 saturated carbocycles. The number of nitrogens with zero attached hydrogens (tertiary/aromatic N) is 1. The first kappa shape index (κ1) is 60.1. The molecule has 0 aromatic carbocycles. The van der Waals surface area contributed by atoms with Crippen molar-refractivity contribution in [2.24, 2.45) is 0 Å². The number of likely N-dealkylation sites (N-methyl/N-ethyl adjacent to an activating group) is 1. The molecule has 0 bridgehead atoms. The van der Waals surface area contributed by atoms with Crippen LogP contribution in [0.3, 0.4) is 0 Å². The Labute approximate surface area is 383 Å². The summed E-state index contributed by atoms with van der Waals surface area (Å²) >= 11 is 0. The van der Waals surface area contributed by atoms with Crippen LogP contribution in [0.2, 0.25) is 0 Å². The third-order valence-corrected chi connectivity index (χ3v) is 10.8. The van der Waals surface area contributed by atoms with E-state index in [9.17, 15) is 29.3 Å². The van der Waals surface area contributed by atoms with Crippen molar-refractivity contribution in [3.63, 3.8) is 0 Å². The van der Waals surface area contributed by atoms with Crippen LogP contribution >= 0.6 is 7.82 Å². The molecule has 0 heterocycles. The maximum atomic E-state index is 12.7. The number of rotatable bonds is 42. The van der Waals surface area contributed by atoms with Gasteiger partial charge in [0.2, 0.25) is 0 Å². The number of allylic oxidation sites excluding steroid dienone is 11. The third-order valence-electron chi connectivity index (χ3n) is 9.83. The van der Waals surface area contributed by atoms with Crippen molar-refractivity contribution in [1.29, 1.82) is 0 Å². The van der Waals surface area contributed by atoms with Crippen LogP contribution in [0.4, 0.5) is 0 Å². The van der Waals surface area contributed by atoms with Crippen LogP contribution in [0.1, 0.15) is 162 Å². The fourth-order valence-electron chi connectivity index (χ4n) is 5.97. The van der Waals surface area contributed by atoms with E-state index in [1.807, 2.05) is 27.2 Å². The van der Waals surface area contributed by atoms with E-state index in [1.54, 1.807) is 36.5 Å². The van der Waals surface area contributed by atoms with Gasteiger partial charge in [0, 0.05) is 12.8 Å². The Hall–Kier alpha value is -2.89. The number of unbranched alkanes of at least 4 members (excludes halogenated alkanes) is 13. The summed E-state index contributed by atoms with van der Waals surface area (Å²) < 4.78 is 33.7. The van der Waals surface area contributed by atoms with Crippen molar-refractivity contribution in [3.05, 3.63) is 85.1 Å². The lowest BCUT2D eigenvalue weighted by molar-refractivity contribution is -0.870. The van der Waals surface area contributed by atoms with Crippen molar-refractivity contribution in [1.82, 2.24) is 0 Å². The molecule has 0 radical (unpaired) electrons. The molecule has 362 valence electrons. The Morgan fingerprint density at radius 1 is 0.603 bits per heavy atom. The Balaban J connectivity index is 4.58. The van der Waals surface area contributed by atoms with E-state index < -0.39 is 44.7 Å². The molecule has 0 aliphatic heterocycles. The minimum absolute atomic E-state index is 0.0427. The molecule has 4 atom stereocenters. The molecule has 1 unspecified atom stereocenters. The Kier molecular flexibility index (Phi) is 39.9. The van der Waals surface area contributed by atoms with E-state index in [-0.39, 0.29) is 32.5 Å². The summed E-state index contributed by atoms with van der Waals surface area (Å²) in [5.41, 5.74) is 0. The number of phosphoric acid groups is 1. The number of quaternary nitrogens is 1. The summed E-state index contributed by atoms with van der Waals surface area (Å²) in [5.74, 6) is -1.10. The van der Waals surface area contributed by atoms with Gasteiger partial charge < -0.3 is 38.1 Å². The summed E-state index contributed by atoms with van der Waals surface area (Å²) in [5, 5.41) is 20.4. The van der Waals surface area contributed by atoms with Gasteiger partial charge >= 0.3 is 11.9 Å². The average molecular weight is 906 g/mol. The van der Waals surface area contributed by atoms with E-state index >= 15 is 0 Å². The van der Waals surface area contributed by atoms with Crippen molar-refractivity contribution in [2.75, 3.05) is 47.5 Å². The maximum Gasteiger partial charge on any atom is 0.306 e. The molecule has 0 spiro atoms. The lowest BCUT2D eigenvalue weighted by Gasteiger charge is -2.28. The van der Waals surface area contributed by atoms with Gasteiger partial charge in [0.1, 0.15) is 19.8 Å². The maximum absolute atomic E-state index is 12.7. The normalized spacial score (nSPS) is 15.2. The van der Waals surface area contributed by atoms with E-state index in [1.165, 1.54) is 44.9 Å². The molecule has 0 fully saturated rings. The van der Waals surface area contributed by atoms with Crippen LogP contribution in [0.15, 0.2) is 85.1 Å². The van der Waals surface area contributed by atoms with Crippen LogP contribution in [0, 0.1) is 0 Å². The number of phosphoric ester groups is 1. The summed E-state index contributed by atoms with van der Waals surface area (Å²) in [6, 6.07) is 0. The number of aliphatic hydroxyl groups is 2. The summed E-state index contributed by atoms with van der Waals surface area (Å²) in [7, 11) is 0.988. The number of carbonyl (C=O) groups is 2. The first-order valence-electron chi connectivity index (χ1n) is 24.0. The second-order valence-electron chi connectivity index (χ2n) is 17.2. The monoisotopic (exact) mass is 906 g/mol. The molecule has 2 N–H and O–H groups in total. The SMILES string of the molecule is CCCCC/C=C\C[C@H](O)/C=C/C=C/C=C\[C@H](O)CCCC(=O)O[C@H](COC(=O)CCCCCCCC/C=C\C/C=C\C/C=C\CCCCCC)COP(=O)([O-])OCC[N+](C)(C)C. The van der Waals surface area contributed by atoms with Gasteiger partial charge in [-0.05, 0) is 77.0 Å². The Bertz CT molecular complexity index is 1380. The molecule has 0 aliphatic rings. The zero-order valence-electron chi connectivity index (χ0n) is 40.0. The second kappa shape index (κ2) is 41.8. The average Bonchev–Trinajstić information content (AvgIpc) is 3.23. The molecule has 63 heavy (non-hydrogen) atoms. The summed E-state index contributed by atoms with van der Waals surface area (Å²) in [6.07, 6.45) is 46.6.